The summed E-state index contributed by atoms with van der Waals surface area (Å²) in [6, 6.07) is 6.49. The van der Waals surface area contributed by atoms with Crippen molar-refractivity contribution in [2.45, 2.75) is 45.6 Å². The van der Waals surface area contributed by atoms with Crippen LogP contribution in [0, 0.1) is 0 Å². The minimum atomic E-state index is 0.289. The summed E-state index contributed by atoms with van der Waals surface area (Å²) in [5.74, 6) is 0.954. The third-order valence-corrected chi connectivity index (χ3v) is 3.76. The van der Waals surface area contributed by atoms with E-state index in [1.807, 2.05) is 6.07 Å². The zero-order chi connectivity index (χ0) is 14.8. The van der Waals surface area contributed by atoms with E-state index in [-0.39, 0.29) is 12.6 Å². The van der Waals surface area contributed by atoms with E-state index >= 15 is 0 Å². The number of hydrogen-bond donors (Lipinski definition) is 2. The molecule has 0 radical (unpaired) electrons. The van der Waals surface area contributed by atoms with Crippen LogP contribution >= 0.6 is 15.9 Å². The van der Waals surface area contributed by atoms with Crippen molar-refractivity contribution < 1.29 is 9.84 Å². The SMILES string of the molecule is CCNC(C)c1ccc(Br)cc1OCCCCCCO. The molecule has 4 heteroatoms. The van der Waals surface area contributed by atoms with Gasteiger partial charge in [-0.25, -0.2) is 0 Å². The molecule has 0 spiro atoms. The molecule has 0 fully saturated rings. The normalized spacial score (nSPS) is 12.4. The molecule has 0 aliphatic heterocycles. The van der Waals surface area contributed by atoms with Crippen molar-refractivity contribution in [3.8, 4) is 5.75 Å². The summed E-state index contributed by atoms with van der Waals surface area (Å²) in [5.41, 5.74) is 1.20. The fourth-order valence-corrected chi connectivity index (χ4v) is 2.50. The van der Waals surface area contributed by atoms with Gasteiger partial charge in [-0.05, 0) is 44.9 Å². The maximum atomic E-state index is 8.74. The first-order valence-electron chi connectivity index (χ1n) is 7.45. The van der Waals surface area contributed by atoms with Crippen molar-refractivity contribution in [3.63, 3.8) is 0 Å². The van der Waals surface area contributed by atoms with Crippen LogP contribution in [-0.4, -0.2) is 24.9 Å². The van der Waals surface area contributed by atoms with Crippen LogP contribution in [-0.2, 0) is 0 Å². The Labute approximate surface area is 130 Å². The van der Waals surface area contributed by atoms with Crippen molar-refractivity contribution in [1.29, 1.82) is 0 Å². The molecular formula is C16H26BrNO2. The summed E-state index contributed by atoms with van der Waals surface area (Å²) in [6.45, 7) is 6.22. The molecule has 0 saturated heterocycles. The molecule has 0 saturated carbocycles. The minimum Gasteiger partial charge on any atom is -0.493 e. The van der Waals surface area contributed by atoms with E-state index in [1.54, 1.807) is 0 Å². The maximum Gasteiger partial charge on any atom is 0.125 e. The lowest BCUT2D eigenvalue weighted by molar-refractivity contribution is 0.272. The predicted molar refractivity (Wildman–Crippen MR) is 87.3 cm³/mol. The molecule has 1 aromatic rings. The highest BCUT2D eigenvalue weighted by Crippen LogP contribution is 2.28. The first-order valence-corrected chi connectivity index (χ1v) is 8.24. The molecule has 0 aliphatic rings. The van der Waals surface area contributed by atoms with Crippen molar-refractivity contribution in [2.75, 3.05) is 19.8 Å². The molecule has 1 aromatic carbocycles. The van der Waals surface area contributed by atoms with Gasteiger partial charge >= 0.3 is 0 Å². The molecule has 2 N–H and O–H groups in total. The van der Waals surface area contributed by atoms with Gasteiger partial charge in [-0.2, -0.15) is 0 Å². The molecular weight excluding hydrogens is 318 g/mol. The molecule has 1 unspecified atom stereocenters. The molecule has 3 nitrogen and oxygen atoms in total. The number of ether oxygens (including phenoxy) is 1. The summed E-state index contributed by atoms with van der Waals surface area (Å²) in [5, 5.41) is 12.2. The van der Waals surface area contributed by atoms with Crippen LogP contribution in [0.1, 0.15) is 51.1 Å². The molecule has 0 bridgehead atoms. The van der Waals surface area contributed by atoms with Crippen LogP contribution in [0.5, 0.6) is 5.75 Å². The Bertz CT molecular complexity index is 385. The van der Waals surface area contributed by atoms with E-state index < -0.39 is 0 Å². The maximum absolute atomic E-state index is 8.74. The van der Waals surface area contributed by atoms with Crippen LogP contribution < -0.4 is 10.1 Å². The Hall–Kier alpha value is -0.580. The summed E-state index contributed by atoms with van der Waals surface area (Å²) < 4.78 is 6.98. The summed E-state index contributed by atoms with van der Waals surface area (Å²) in [4.78, 5) is 0. The zero-order valence-electron chi connectivity index (χ0n) is 12.5. The average molecular weight is 344 g/mol. The summed E-state index contributed by atoms with van der Waals surface area (Å²) >= 11 is 3.50. The standard InChI is InChI=1S/C16H26BrNO2/c1-3-18-13(2)15-9-8-14(17)12-16(15)20-11-7-5-4-6-10-19/h8-9,12-13,18-19H,3-7,10-11H2,1-2H3. The van der Waals surface area contributed by atoms with Gasteiger partial charge in [0.25, 0.3) is 0 Å². The number of hydrogen-bond acceptors (Lipinski definition) is 3. The number of rotatable bonds is 10. The van der Waals surface area contributed by atoms with Gasteiger partial charge in [0.15, 0.2) is 0 Å². The molecule has 1 atom stereocenters. The van der Waals surface area contributed by atoms with Crippen molar-refractivity contribution in [3.05, 3.63) is 28.2 Å². The van der Waals surface area contributed by atoms with E-state index in [2.05, 4.69) is 47.2 Å². The third kappa shape index (κ3) is 6.25. The second-order valence-electron chi connectivity index (χ2n) is 4.95. The number of nitrogens with one attached hydrogen (secondary N) is 1. The lowest BCUT2D eigenvalue weighted by Crippen LogP contribution is -2.18. The van der Waals surface area contributed by atoms with Gasteiger partial charge in [0.2, 0.25) is 0 Å². The quantitative estimate of drug-likeness (QED) is 0.629. The molecule has 114 valence electrons. The Morgan fingerprint density at radius 1 is 1.25 bits per heavy atom. The summed E-state index contributed by atoms with van der Waals surface area (Å²) in [6.07, 6.45) is 4.09. The number of benzene rings is 1. The molecule has 0 amide bonds. The molecule has 0 heterocycles. The van der Waals surface area contributed by atoms with E-state index in [0.29, 0.717) is 0 Å². The second kappa shape index (κ2) is 10.2. The Morgan fingerprint density at radius 2 is 2.00 bits per heavy atom. The average Bonchev–Trinajstić information content (AvgIpc) is 2.43. The molecule has 0 aromatic heterocycles. The Morgan fingerprint density at radius 3 is 2.70 bits per heavy atom. The van der Waals surface area contributed by atoms with Crippen LogP contribution in [0.3, 0.4) is 0 Å². The van der Waals surface area contributed by atoms with Crippen LogP contribution in [0.4, 0.5) is 0 Å². The monoisotopic (exact) mass is 343 g/mol. The van der Waals surface area contributed by atoms with Crippen molar-refractivity contribution in [2.24, 2.45) is 0 Å². The molecule has 1 rings (SSSR count). The number of aliphatic hydroxyl groups is 1. The van der Waals surface area contributed by atoms with E-state index in [9.17, 15) is 0 Å². The van der Waals surface area contributed by atoms with Gasteiger partial charge in [-0.1, -0.05) is 35.3 Å². The highest BCUT2D eigenvalue weighted by Gasteiger charge is 2.11. The van der Waals surface area contributed by atoms with Crippen LogP contribution in [0.2, 0.25) is 0 Å². The van der Waals surface area contributed by atoms with Gasteiger partial charge in [-0.3, -0.25) is 0 Å². The Kier molecular flexibility index (Phi) is 8.90. The van der Waals surface area contributed by atoms with Gasteiger partial charge in [-0.15, -0.1) is 0 Å². The lowest BCUT2D eigenvalue weighted by Gasteiger charge is -2.18. The van der Waals surface area contributed by atoms with Crippen molar-refractivity contribution >= 4 is 15.9 Å². The second-order valence-corrected chi connectivity index (χ2v) is 5.86. The molecule has 20 heavy (non-hydrogen) atoms. The van der Waals surface area contributed by atoms with Gasteiger partial charge in [0.1, 0.15) is 5.75 Å². The topological polar surface area (TPSA) is 41.5 Å². The fourth-order valence-electron chi connectivity index (χ4n) is 2.16. The smallest absolute Gasteiger partial charge is 0.125 e. The van der Waals surface area contributed by atoms with E-state index in [4.69, 9.17) is 9.84 Å². The highest BCUT2D eigenvalue weighted by molar-refractivity contribution is 9.10. The van der Waals surface area contributed by atoms with Gasteiger partial charge in [0, 0.05) is 22.7 Å². The van der Waals surface area contributed by atoms with Gasteiger partial charge in [0.05, 0.1) is 6.61 Å². The number of unbranched alkanes of at least 4 members (excludes halogenated alkanes) is 3. The van der Waals surface area contributed by atoms with Crippen molar-refractivity contribution in [1.82, 2.24) is 5.32 Å². The molecule has 0 aliphatic carbocycles. The highest BCUT2D eigenvalue weighted by atomic mass is 79.9. The summed E-state index contributed by atoms with van der Waals surface area (Å²) in [7, 11) is 0. The zero-order valence-corrected chi connectivity index (χ0v) is 14.1. The largest absolute Gasteiger partial charge is 0.493 e. The van der Waals surface area contributed by atoms with Gasteiger partial charge < -0.3 is 15.2 Å². The first-order chi connectivity index (χ1) is 9.69. The lowest BCUT2D eigenvalue weighted by atomic mass is 10.1. The van der Waals surface area contributed by atoms with Crippen LogP contribution in [0.25, 0.3) is 0 Å². The first kappa shape index (κ1) is 17.5. The number of halogens is 1. The van der Waals surface area contributed by atoms with E-state index in [0.717, 1.165) is 49.1 Å². The van der Waals surface area contributed by atoms with Crippen LogP contribution in [0.15, 0.2) is 22.7 Å². The minimum absolute atomic E-state index is 0.289. The predicted octanol–water partition coefficient (Wildman–Crippen LogP) is 4.05. The fraction of sp³-hybridized carbons (Fsp3) is 0.625. The Balaban J connectivity index is 2.52. The third-order valence-electron chi connectivity index (χ3n) is 3.26. The number of aliphatic hydroxyl groups excluding tert-OH is 1. The van der Waals surface area contributed by atoms with E-state index in [1.165, 1.54) is 5.56 Å².